The molecule has 0 spiro atoms. The molecule has 2 saturated heterocycles. The molecule has 4 aromatic rings. The van der Waals surface area contributed by atoms with Gasteiger partial charge in [0.2, 0.25) is 5.91 Å². The minimum absolute atomic E-state index is 0. The van der Waals surface area contributed by atoms with Crippen LogP contribution in [0.1, 0.15) is 14.4 Å². The number of carbonyl (C=O) groups excluding carboxylic acids is 1. The van der Waals surface area contributed by atoms with Gasteiger partial charge >= 0.3 is 0 Å². The molecule has 0 atom stereocenters. The highest BCUT2D eigenvalue weighted by atomic mass is 16.2. The second kappa shape index (κ2) is 12.9. The summed E-state index contributed by atoms with van der Waals surface area (Å²) in [6, 6.07) is 21.0. The van der Waals surface area contributed by atoms with E-state index >= 15 is 0 Å². The van der Waals surface area contributed by atoms with Gasteiger partial charge in [-0.1, -0.05) is 31.7 Å². The molecule has 0 saturated carbocycles. The number of amides is 1. The Morgan fingerprint density at radius 2 is 1.11 bits per heavy atom. The normalized spacial score (nSPS) is 15.3. The molecule has 3 N–H and O–H groups in total. The van der Waals surface area contributed by atoms with E-state index in [0.29, 0.717) is 0 Å². The summed E-state index contributed by atoms with van der Waals surface area (Å²) in [5.74, 6) is 0.166. The number of aromatic amines is 2. The lowest BCUT2D eigenvalue weighted by Crippen LogP contribution is -2.48. The van der Waals surface area contributed by atoms with E-state index < -0.39 is 0 Å². The van der Waals surface area contributed by atoms with E-state index in [1.54, 1.807) is 19.3 Å². The number of H-pyrrole nitrogens is 2. The molecule has 0 aliphatic carbocycles. The molecule has 0 unspecified atom stereocenters. The Morgan fingerprint density at radius 1 is 0.658 bits per heavy atom. The Morgan fingerprint density at radius 3 is 1.50 bits per heavy atom. The monoisotopic (exact) mass is 514 g/mol. The maximum atomic E-state index is 11.3. The first-order valence-corrected chi connectivity index (χ1v) is 12.8. The number of anilines is 2. The fourth-order valence-corrected chi connectivity index (χ4v) is 4.74. The first-order valence-electron chi connectivity index (χ1n) is 12.8. The molecule has 4 heterocycles. The van der Waals surface area contributed by atoms with E-state index in [2.05, 4.69) is 84.0 Å². The number of nitrogens with one attached hydrogen (secondary N) is 3. The number of hydrogen-bond acceptors (Lipinski definition) is 6. The molecule has 2 aromatic carbocycles. The van der Waals surface area contributed by atoms with E-state index in [1.165, 1.54) is 16.9 Å². The Kier molecular flexibility index (Phi) is 9.16. The summed E-state index contributed by atoms with van der Waals surface area (Å²) in [6.45, 7) is 9.34. The van der Waals surface area contributed by atoms with Crippen LogP contribution < -0.4 is 15.1 Å². The molecule has 2 aliphatic rings. The number of aromatic nitrogens is 4. The third kappa shape index (κ3) is 6.60. The van der Waals surface area contributed by atoms with Crippen LogP contribution in [0.5, 0.6) is 0 Å². The van der Waals surface area contributed by atoms with E-state index in [4.69, 9.17) is 0 Å². The first kappa shape index (κ1) is 26.9. The van der Waals surface area contributed by atoms with Crippen molar-refractivity contribution in [1.82, 2.24) is 30.6 Å². The molecular formula is C29H38N8O. The van der Waals surface area contributed by atoms with Gasteiger partial charge in [-0.3, -0.25) is 15.0 Å². The predicted molar refractivity (Wildman–Crippen MR) is 154 cm³/mol. The topological polar surface area (TPSA) is 96.2 Å². The quantitative estimate of drug-likeness (QED) is 0.383. The summed E-state index contributed by atoms with van der Waals surface area (Å²) in [5.41, 5.74) is 6.91. The van der Waals surface area contributed by atoms with Crippen LogP contribution in [-0.2, 0) is 4.79 Å². The fourth-order valence-electron chi connectivity index (χ4n) is 4.74. The van der Waals surface area contributed by atoms with Crippen LogP contribution in [-0.4, -0.2) is 83.6 Å². The third-order valence-corrected chi connectivity index (χ3v) is 6.93. The highest BCUT2D eigenvalue weighted by molar-refractivity contribution is 5.73. The van der Waals surface area contributed by atoms with E-state index in [-0.39, 0.29) is 13.3 Å². The molecular weight excluding hydrogens is 476 g/mol. The summed E-state index contributed by atoms with van der Waals surface area (Å²) in [4.78, 5) is 17.9. The average molecular weight is 515 g/mol. The second-order valence-corrected chi connectivity index (χ2v) is 9.26. The van der Waals surface area contributed by atoms with Crippen LogP contribution in [0.2, 0.25) is 0 Å². The van der Waals surface area contributed by atoms with Crippen LogP contribution in [0.25, 0.3) is 22.5 Å². The van der Waals surface area contributed by atoms with Crippen molar-refractivity contribution in [2.45, 2.75) is 14.4 Å². The Labute approximate surface area is 224 Å². The van der Waals surface area contributed by atoms with Gasteiger partial charge in [0.25, 0.3) is 0 Å². The van der Waals surface area contributed by atoms with Crippen molar-refractivity contribution in [2.24, 2.45) is 0 Å². The number of nitrogens with zero attached hydrogens (tertiary/aromatic N) is 5. The van der Waals surface area contributed by atoms with Gasteiger partial charge in [-0.15, -0.1) is 0 Å². The summed E-state index contributed by atoms with van der Waals surface area (Å²) < 4.78 is 0. The molecule has 9 nitrogen and oxygen atoms in total. The van der Waals surface area contributed by atoms with Crippen LogP contribution in [0, 0.1) is 0 Å². The molecule has 2 aliphatic heterocycles. The zero-order valence-electron chi connectivity index (χ0n) is 21.2. The number of carbonyl (C=O) groups is 1. The molecule has 0 radical (unpaired) electrons. The Balaban J connectivity index is 0.000000174. The van der Waals surface area contributed by atoms with Crippen LogP contribution in [0.4, 0.5) is 11.4 Å². The van der Waals surface area contributed by atoms with Gasteiger partial charge in [0.05, 0.1) is 11.4 Å². The van der Waals surface area contributed by atoms with Gasteiger partial charge in [0.1, 0.15) is 0 Å². The average Bonchev–Trinajstić information content (AvgIpc) is 3.70. The maximum Gasteiger partial charge on any atom is 0.219 e. The number of benzene rings is 2. The minimum atomic E-state index is 0. The second-order valence-electron chi connectivity index (χ2n) is 9.26. The lowest BCUT2D eigenvalue weighted by molar-refractivity contribution is -0.129. The number of rotatable bonds is 4. The number of piperazine rings is 2. The summed E-state index contributed by atoms with van der Waals surface area (Å²) in [7, 11) is 0. The minimum Gasteiger partial charge on any atom is -0.369 e. The first-order chi connectivity index (χ1) is 18.2. The van der Waals surface area contributed by atoms with Gasteiger partial charge in [0.15, 0.2) is 0 Å². The highest BCUT2D eigenvalue weighted by Crippen LogP contribution is 2.23. The van der Waals surface area contributed by atoms with Gasteiger partial charge in [-0.05, 0) is 47.5 Å². The Bertz CT molecular complexity index is 1220. The van der Waals surface area contributed by atoms with Crippen molar-refractivity contribution in [3.8, 4) is 22.5 Å². The van der Waals surface area contributed by atoms with E-state index in [9.17, 15) is 4.79 Å². The van der Waals surface area contributed by atoms with Crippen LogP contribution >= 0.6 is 0 Å². The SMILES string of the molecule is C.CC(=O)N1CCN(c2ccc(-c3ccn[nH]3)cc2)CC1.c1cc(-c2ccc(N3CCNCC3)cc2)[nH]n1. The molecule has 1 amide bonds. The molecule has 200 valence electrons. The van der Waals surface area contributed by atoms with Crippen LogP contribution in [0.15, 0.2) is 73.1 Å². The van der Waals surface area contributed by atoms with E-state index in [1.807, 2.05) is 17.0 Å². The molecule has 2 aromatic heterocycles. The molecule has 0 bridgehead atoms. The summed E-state index contributed by atoms with van der Waals surface area (Å²) >= 11 is 0. The lowest BCUT2D eigenvalue weighted by Gasteiger charge is -2.35. The lowest BCUT2D eigenvalue weighted by atomic mass is 10.1. The van der Waals surface area contributed by atoms with Crippen molar-refractivity contribution in [1.29, 1.82) is 0 Å². The molecule has 6 rings (SSSR count). The van der Waals surface area contributed by atoms with Crippen molar-refractivity contribution in [3.05, 3.63) is 73.1 Å². The van der Waals surface area contributed by atoms with Crippen molar-refractivity contribution >= 4 is 17.3 Å². The van der Waals surface area contributed by atoms with Gasteiger partial charge in [-0.2, -0.15) is 10.2 Å². The molecule has 2 fully saturated rings. The van der Waals surface area contributed by atoms with Crippen LogP contribution in [0.3, 0.4) is 0 Å². The van der Waals surface area contributed by atoms with Crippen molar-refractivity contribution in [3.63, 3.8) is 0 Å². The van der Waals surface area contributed by atoms with Gasteiger partial charge in [-0.25, -0.2) is 0 Å². The maximum absolute atomic E-state index is 11.3. The Hall–Kier alpha value is -4.11. The smallest absolute Gasteiger partial charge is 0.219 e. The fraction of sp³-hybridized carbons (Fsp3) is 0.345. The summed E-state index contributed by atoms with van der Waals surface area (Å²) in [6.07, 6.45) is 3.53. The standard InChI is InChI=1S/C15H18N4O.C13H16N4.CH4/c1-12(20)18-8-10-19(11-9-18)14-4-2-13(3-5-14)15-6-7-16-17-15;1-3-12(17-9-7-14-8-10-17)4-2-11(1)13-5-6-15-16-13;/h2-7H,8-11H2,1H3,(H,16,17);1-6,14H,7-10H2,(H,15,16);1H4. The van der Waals surface area contributed by atoms with Gasteiger partial charge in [0, 0.05) is 83.1 Å². The van der Waals surface area contributed by atoms with Crippen molar-refractivity contribution in [2.75, 3.05) is 62.2 Å². The zero-order chi connectivity index (χ0) is 25.5. The summed E-state index contributed by atoms with van der Waals surface area (Å²) in [5, 5.41) is 17.2. The van der Waals surface area contributed by atoms with E-state index in [0.717, 1.165) is 69.3 Å². The molecule has 38 heavy (non-hydrogen) atoms. The predicted octanol–water partition coefficient (Wildman–Crippen LogP) is 3.87. The molecule has 9 heteroatoms. The largest absolute Gasteiger partial charge is 0.369 e. The van der Waals surface area contributed by atoms with Crippen molar-refractivity contribution < 1.29 is 4.79 Å². The van der Waals surface area contributed by atoms with Gasteiger partial charge < -0.3 is 20.0 Å². The third-order valence-electron chi connectivity index (χ3n) is 6.93. The highest BCUT2D eigenvalue weighted by Gasteiger charge is 2.18. The number of hydrogen-bond donors (Lipinski definition) is 3. The zero-order valence-corrected chi connectivity index (χ0v) is 21.2.